The molecule has 0 radical (unpaired) electrons. The highest BCUT2D eigenvalue weighted by Crippen LogP contribution is 2.49. The molecule has 1 N–H and O–H groups in total. The van der Waals surface area contributed by atoms with E-state index in [0.29, 0.717) is 5.56 Å². The third kappa shape index (κ3) is 4.38. The van der Waals surface area contributed by atoms with Crippen molar-refractivity contribution in [1.82, 2.24) is 0 Å². The second-order valence-electron chi connectivity index (χ2n) is 9.25. The molecule has 3 rings (SSSR count). The van der Waals surface area contributed by atoms with Gasteiger partial charge in [-0.3, -0.25) is 4.79 Å². The van der Waals surface area contributed by atoms with Crippen LogP contribution in [0.4, 0.5) is 0 Å². The van der Waals surface area contributed by atoms with Crippen molar-refractivity contribution in [3.8, 4) is 0 Å². The van der Waals surface area contributed by atoms with E-state index in [1.165, 1.54) is 27.1 Å². The summed E-state index contributed by atoms with van der Waals surface area (Å²) in [4.78, 5) is 14.2. The van der Waals surface area contributed by atoms with Gasteiger partial charge in [0.2, 0.25) is 0 Å². The fourth-order valence-electron chi connectivity index (χ4n) is 4.92. The second-order valence-corrected chi connectivity index (χ2v) is 10.1. The lowest BCUT2D eigenvalue weighted by atomic mass is 9.61. The van der Waals surface area contributed by atoms with Gasteiger partial charge in [-0.15, -0.1) is 11.8 Å². The van der Waals surface area contributed by atoms with E-state index in [-0.39, 0.29) is 11.2 Å². The summed E-state index contributed by atoms with van der Waals surface area (Å²) in [5, 5.41) is 10.3. The van der Waals surface area contributed by atoms with Crippen LogP contribution in [0.15, 0.2) is 41.3 Å². The van der Waals surface area contributed by atoms with E-state index in [9.17, 15) is 9.90 Å². The van der Waals surface area contributed by atoms with Crippen LogP contribution in [0.1, 0.15) is 98.8 Å². The van der Waals surface area contributed by atoms with Crippen molar-refractivity contribution in [2.45, 2.75) is 88.6 Å². The molecule has 0 unspecified atom stereocenters. The van der Waals surface area contributed by atoms with Crippen molar-refractivity contribution in [2.24, 2.45) is 0 Å². The summed E-state index contributed by atoms with van der Waals surface area (Å²) < 4.78 is 0. The van der Waals surface area contributed by atoms with Gasteiger partial charge in [-0.25, -0.2) is 0 Å². The molecule has 30 heavy (non-hydrogen) atoms. The summed E-state index contributed by atoms with van der Waals surface area (Å²) in [5.41, 5.74) is 4.73. The number of benzene rings is 2. The van der Waals surface area contributed by atoms with Crippen molar-refractivity contribution in [3.63, 3.8) is 0 Å². The van der Waals surface area contributed by atoms with Crippen LogP contribution in [0.25, 0.3) is 0 Å². The molecule has 0 fully saturated rings. The average Bonchev–Trinajstić information content (AvgIpc) is 2.74. The first-order valence-electron chi connectivity index (χ1n) is 11.3. The van der Waals surface area contributed by atoms with Crippen molar-refractivity contribution >= 4 is 17.5 Å². The second kappa shape index (κ2) is 9.28. The number of Topliss-reactive ketones (excluding diaryl/α,β-unsaturated/α-hetero) is 1. The Kier molecular flexibility index (Phi) is 7.14. The molecule has 0 heterocycles. The van der Waals surface area contributed by atoms with Gasteiger partial charge in [0.15, 0.2) is 5.78 Å². The maximum Gasteiger partial charge on any atom is 0.193 e. The van der Waals surface area contributed by atoms with Crippen LogP contribution in [-0.4, -0.2) is 22.7 Å². The van der Waals surface area contributed by atoms with Crippen LogP contribution < -0.4 is 0 Å². The standard InChI is InChI=1S/C27H36O2S/c1-6-8-14-27(15-9-7-2)23-17-21(25(28)26(3,4)29)11-10-19(23)16-20-12-13-22(30-5)18-24(20)27/h10-13,17-18,29H,6-9,14-16H2,1-5H3. The van der Waals surface area contributed by atoms with Crippen LogP contribution in [-0.2, 0) is 11.8 Å². The van der Waals surface area contributed by atoms with Gasteiger partial charge < -0.3 is 5.11 Å². The molecule has 162 valence electrons. The number of thioether (sulfide) groups is 1. The maximum atomic E-state index is 12.9. The minimum Gasteiger partial charge on any atom is -0.382 e. The van der Waals surface area contributed by atoms with Gasteiger partial charge in [-0.1, -0.05) is 57.7 Å². The molecular formula is C27H36O2S. The summed E-state index contributed by atoms with van der Waals surface area (Å²) in [6.07, 6.45) is 9.88. The van der Waals surface area contributed by atoms with Gasteiger partial charge in [0.05, 0.1) is 0 Å². The Bertz CT molecular complexity index is 900. The summed E-state index contributed by atoms with van der Waals surface area (Å²) in [7, 11) is 0. The Morgan fingerprint density at radius 1 is 1.00 bits per heavy atom. The molecular weight excluding hydrogens is 388 g/mol. The van der Waals surface area contributed by atoms with Crippen molar-refractivity contribution in [2.75, 3.05) is 6.26 Å². The quantitative estimate of drug-likeness (QED) is 0.350. The predicted molar refractivity (Wildman–Crippen MR) is 128 cm³/mol. The number of hydrogen-bond acceptors (Lipinski definition) is 3. The molecule has 0 bridgehead atoms. The number of carbonyl (C=O) groups excluding carboxylic acids is 1. The Labute approximate surface area is 186 Å². The van der Waals surface area contributed by atoms with Crippen LogP contribution in [0.5, 0.6) is 0 Å². The third-order valence-corrected chi connectivity index (χ3v) is 7.30. The zero-order chi connectivity index (χ0) is 21.9. The van der Waals surface area contributed by atoms with E-state index in [4.69, 9.17) is 0 Å². The highest BCUT2D eigenvalue weighted by molar-refractivity contribution is 7.98. The molecule has 0 saturated heterocycles. The van der Waals surface area contributed by atoms with Gasteiger partial charge >= 0.3 is 0 Å². The summed E-state index contributed by atoms with van der Waals surface area (Å²) >= 11 is 1.80. The largest absolute Gasteiger partial charge is 0.382 e. The van der Waals surface area contributed by atoms with E-state index in [1.54, 1.807) is 25.6 Å². The molecule has 0 saturated carbocycles. The normalized spacial score (nSPS) is 14.9. The van der Waals surface area contributed by atoms with Crippen LogP contribution >= 0.6 is 11.8 Å². The Balaban J connectivity index is 2.24. The van der Waals surface area contributed by atoms with Gasteiger partial charge in [0.1, 0.15) is 5.60 Å². The molecule has 0 atom stereocenters. The highest BCUT2D eigenvalue weighted by atomic mass is 32.2. The minimum absolute atomic E-state index is 0.0590. The first-order valence-corrected chi connectivity index (χ1v) is 12.6. The molecule has 3 heteroatoms. The topological polar surface area (TPSA) is 37.3 Å². The number of aliphatic hydroxyl groups is 1. The highest BCUT2D eigenvalue weighted by Gasteiger charge is 2.40. The number of fused-ring (bicyclic) bond motifs is 2. The predicted octanol–water partition coefficient (Wildman–Crippen LogP) is 6.93. The number of rotatable bonds is 9. The number of hydrogen-bond donors (Lipinski definition) is 1. The van der Waals surface area contributed by atoms with E-state index >= 15 is 0 Å². The molecule has 2 aromatic carbocycles. The van der Waals surface area contributed by atoms with Crippen molar-refractivity contribution in [3.05, 3.63) is 64.2 Å². The molecule has 1 aliphatic carbocycles. The Morgan fingerprint density at radius 3 is 2.10 bits per heavy atom. The lowest BCUT2D eigenvalue weighted by Gasteiger charge is -2.42. The molecule has 0 aromatic heterocycles. The number of carbonyl (C=O) groups is 1. The summed E-state index contributed by atoms with van der Waals surface area (Å²) in [5.74, 6) is -0.200. The lowest BCUT2D eigenvalue weighted by molar-refractivity contribution is 0.0488. The monoisotopic (exact) mass is 424 g/mol. The van der Waals surface area contributed by atoms with E-state index in [2.05, 4.69) is 50.4 Å². The van der Waals surface area contributed by atoms with Gasteiger partial charge in [0, 0.05) is 15.9 Å². The molecule has 1 aliphatic rings. The molecule has 0 amide bonds. The Hall–Kier alpha value is -1.58. The van der Waals surface area contributed by atoms with Gasteiger partial charge in [0.25, 0.3) is 0 Å². The molecule has 2 nitrogen and oxygen atoms in total. The zero-order valence-electron chi connectivity index (χ0n) is 19.2. The first kappa shape index (κ1) is 23.1. The fourth-order valence-corrected chi connectivity index (χ4v) is 5.36. The molecule has 0 aliphatic heterocycles. The summed E-state index contributed by atoms with van der Waals surface area (Å²) in [6.45, 7) is 7.67. The number of unbranched alkanes of at least 4 members (excludes halogenated alkanes) is 2. The molecule has 2 aromatic rings. The van der Waals surface area contributed by atoms with Gasteiger partial charge in [-0.2, -0.15) is 0 Å². The van der Waals surface area contributed by atoms with Crippen molar-refractivity contribution in [1.29, 1.82) is 0 Å². The summed E-state index contributed by atoms with van der Waals surface area (Å²) in [6, 6.07) is 13.1. The maximum absolute atomic E-state index is 12.9. The third-order valence-electron chi connectivity index (χ3n) is 6.57. The van der Waals surface area contributed by atoms with Crippen LogP contribution in [0, 0.1) is 0 Å². The lowest BCUT2D eigenvalue weighted by Crippen LogP contribution is -2.35. The minimum atomic E-state index is -1.36. The van der Waals surface area contributed by atoms with Gasteiger partial charge in [-0.05, 0) is 79.8 Å². The molecule has 0 spiro atoms. The first-order chi connectivity index (χ1) is 14.3. The van der Waals surface area contributed by atoms with E-state index in [1.807, 2.05) is 6.07 Å². The van der Waals surface area contributed by atoms with Crippen molar-refractivity contribution < 1.29 is 9.90 Å². The van der Waals surface area contributed by atoms with E-state index < -0.39 is 5.60 Å². The number of ketones is 1. The zero-order valence-corrected chi connectivity index (χ0v) is 20.0. The van der Waals surface area contributed by atoms with Crippen LogP contribution in [0.3, 0.4) is 0 Å². The smallest absolute Gasteiger partial charge is 0.193 e. The average molecular weight is 425 g/mol. The Morgan fingerprint density at radius 2 is 1.57 bits per heavy atom. The van der Waals surface area contributed by atoms with E-state index in [0.717, 1.165) is 44.9 Å². The fraction of sp³-hybridized carbons (Fsp3) is 0.519. The van der Waals surface area contributed by atoms with Crippen LogP contribution in [0.2, 0.25) is 0 Å². The SMILES string of the molecule is CCCCC1(CCCC)c2cc(SC)ccc2Cc2ccc(C(=O)C(C)(C)O)cc21.